The Morgan fingerprint density at radius 3 is 2.38 bits per heavy atom. The Morgan fingerprint density at radius 2 is 1.86 bits per heavy atom. The van der Waals surface area contributed by atoms with Crippen LogP contribution in [0.2, 0.25) is 0 Å². The van der Waals surface area contributed by atoms with Crippen molar-refractivity contribution in [3.63, 3.8) is 0 Å². The zero-order chi connectivity index (χ0) is 15.8. The minimum Gasteiger partial charge on any atom is -0.314 e. The van der Waals surface area contributed by atoms with Gasteiger partial charge in [0.15, 0.2) is 0 Å². The van der Waals surface area contributed by atoms with Gasteiger partial charge in [0.25, 0.3) is 0 Å². The molecule has 1 aromatic heterocycles. The van der Waals surface area contributed by atoms with E-state index in [1.54, 1.807) is 0 Å². The molecule has 0 fully saturated rings. The zero-order valence-electron chi connectivity index (χ0n) is 15.0. The Hall–Kier alpha value is -0.830. The highest BCUT2D eigenvalue weighted by atomic mass is 15.3. The summed E-state index contributed by atoms with van der Waals surface area (Å²) >= 11 is 0. The van der Waals surface area contributed by atoms with Crippen LogP contribution in [-0.4, -0.2) is 22.4 Å². The standard InChI is InChI=1S/C18H35N3/c1-7-13-19-17(10-8-9-14(2)3)11-12-18-15(4)20-21(6)16(18)5/h14,17,19H,7-13H2,1-6H3. The van der Waals surface area contributed by atoms with E-state index in [1.165, 1.54) is 49.1 Å². The molecule has 1 atom stereocenters. The number of hydrogen-bond donors (Lipinski definition) is 1. The molecule has 0 aliphatic carbocycles. The fourth-order valence-corrected chi connectivity index (χ4v) is 2.97. The number of rotatable bonds is 10. The Bertz CT molecular complexity index is 407. The monoisotopic (exact) mass is 293 g/mol. The van der Waals surface area contributed by atoms with Crippen LogP contribution in [0.25, 0.3) is 0 Å². The largest absolute Gasteiger partial charge is 0.314 e. The normalized spacial score (nSPS) is 13.1. The van der Waals surface area contributed by atoms with Crippen LogP contribution >= 0.6 is 0 Å². The first-order valence-corrected chi connectivity index (χ1v) is 8.68. The molecule has 0 saturated carbocycles. The van der Waals surface area contributed by atoms with Crippen LogP contribution in [0.4, 0.5) is 0 Å². The van der Waals surface area contributed by atoms with Crippen molar-refractivity contribution in [3.05, 3.63) is 17.0 Å². The molecule has 0 saturated heterocycles. The van der Waals surface area contributed by atoms with E-state index in [4.69, 9.17) is 0 Å². The zero-order valence-corrected chi connectivity index (χ0v) is 15.0. The van der Waals surface area contributed by atoms with E-state index in [0.717, 1.165) is 18.9 Å². The lowest BCUT2D eigenvalue weighted by atomic mass is 9.97. The summed E-state index contributed by atoms with van der Waals surface area (Å²) in [6, 6.07) is 0.655. The number of hydrogen-bond acceptors (Lipinski definition) is 2. The summed E-state index contributed by atoms with van der Waals surface area (Å²) in [6.07, 6.45) is 7.57. The third kappa shape index (κ3) is 6.21. The van der Waals surface area contributed by atoms with Crippen molar-refractivity contribution >= 4 is 0 Å². The maximum absolute atomic E-state index is 4.53. The van der Waals surface area contributed by atoms with E-state index in [1.807, 2.05) is 11.7 Å². The first-order chi connectivity index (χ1) is 9.95. The van der Waals surface area contributed by atoms with Gasteiger partial charge in [-0.1, -0.05) is 33.6 Å². The molecule has 122 valence electrons. The smallest absolute Gasteiger partial charge is 0.0628 e. The second-order valence-electron chi connectivity index (χ2n) is 6.79. The molecule has 1 N–H and O–H groups in total. The molecule has 0 radical (unpaired) electrons. The van der Waals surface area contributed by atoms with Crippen molar-refractivity contribution in [2.45, 2.75) is 79.2 Å². The first kappa shape index (κ1) is 18.2. The minimum atomic E-state index is 0.655. The fraction of sp³-hybridized carbons (Fsp3) is 0.833. The van der Waals surface area contributed by atoms with Gasteiger partial charge in [0.2, 0.25) is 0 Å². The summed E-state index contributed by atoms with van der Waals surface area (Å²) in [5.74, 6) is 0.819. The second-order valence-corrected chi connectivity index (χ2v) is 6.79. The SMILES string of the molecule is CCCNC(CCCC(C)C)CCc1c(C)nn(C)c1C. The second kappa shape index (κ2) is 9.24. The quantitative estimate of drug-likeness (QED) is 0.702. The van der Waals surface area contributed by atoms with Gasteiger partial charge in [0.1, 0.15) is 0 Å². The van der Waals surface area contributed by atoms with Gasteiger partial charge in [-0.15, -0.1) is 0 Å². The summed E-state index contributed by atoms with van der Waals surface area (Å²) < 4.78 is 2.01. The molecule has 0 amide bonds. The van der Waals surface area contributed by atoms with Crippen LogP contribution in [0.1, 0.15) is 69.8 Å². The van der Waals surface area contributed by atoms with Gasteiger partial charge in [-0.05, 0) is 57.6 Å². The molecule has 21 heavy (non-hydrogen) atoms. The maximum atomic E-state index is 4.53. The minimum absolute atomic E-state index is 0.655. The average Bonchev–Trinajstić information content (AvgIpc) is 2.66. The molecule has 0 aliphatic rings. The molecule has 1 heterocycles. The lowest BCUT2D eigenvalue weighted by molar-refractivity contribution is 0.417. The van der Waals surface area contributed by atoms with Crippen molar-refractivity contribution in [3.8, 4) is 0 Å². The molecule has 0 spiro atoms. The molecule has 0 aliphatic heterocycles. The summed E-state index contributed by atoms with van der Waals surface area (Å²) in [5.41, 5.74) is 3.97. The number of aryl methyl sites for hydroxylation is 2. The number of aromatic nitrogens is 2. The van der Waals surface area contributed by atoms with Crippen molar-refractivity contribution < 1.29 is 0 Å². The van der Waals surface area contributed by atoms with Gasteiger partial charge >= 0.3 is 0 Å². The third-order valence-electron chi connectivity index (χ3n) is 4.42. The van der Waals surface area contributed by atoms with E-state index in [0.29, 0.717) is 6.04 Å². The van der Waals surface area contributed by atoms with Crippen molar-refractivity contribution in [2.75, 3.05) is 6.54 Å². The Kier molecular flexibility index (Phi) is 8.02. The molecule has 3 heteroatoms. The predicted molar refractivity (Wildman–Crippen MR) is 91.8 cm³/mol. The molecule has 1 unspecified atom stereocenters. The Morgan fingerprint density at radius 1 is 1.14 bits per heavy atom. The van der Waals surface area contributed by atoms with Gasteiger partial charge in [-0.3, -0.25) is 4.68 Å². The molecule has 0 bridgehead atoms. The van der Waals surface area contributed by atoms with E-state index in [2.05, 4.69) is 45.0 Å². The van der Waals surface area contributed by atoms with Crippen LogP contribution in [0.5, 0.6) is 0 Å². The summed E-state index contributed by atoms with van der Waals surface area (Å²) in [6.45, 7) is 12.3. The third-order valence-corrected chi connectivity index (χ3v) is 4.42. The van der Waals surface area contributed by atoms with Crippen molar-refractivity contribution in [2.24, 2.45) is 13.0 Å². The summed E-state index contributed by atoms with van der Waals surface area (Å²) in [5, 5.41) is 8.26. The summed E-state index contributed by atoms with van der Waals surface area (Å²) in [7, 11) is 2.04. The molecular formula is C18H35N3. The van der Waals surface area contributed by atoms with Gasteiger partial charge in [-0.2, -0.15) is 5.10 Å². The van der Waals surface area contributed by atoms with E-state index in [-0.39, 0.29) is 0 Å². The van der Waals surface area contributed by atoms with Crippen LogP contribution in [0, 0.1) is 19.8 Å². The highest BCUT2D eigenvalue weighted by Crippen LogP contribution is 2.17. The van der Waals surface area contributed by atoms with E-state index in [9.17, 15) is 0 Å². The fourth-order valence-electron chi connectivity index (χ4n) is 2.97. The van der Waals surface area contributed by atoms with Crippen LogP contribution in [-0.2, 0) is 13.5 Å². The van der Waals surface area contributed by atoms with Crippen molar-refractivity contribution in [1.29, 1.82) is 0 Å². The van der Waals surface area contributed by atoms with Gasteiger partial charge in [0.05, 0.1) is 5.69 Å². The van der Waals surface area contributed by atoms with Crippen LogP contribution in [0.15, 0.2) is 0 Å². The Labute approximate surface area is 131 Å². The number of nitrogens with one attached hydrogen (secondary N) is 1. The van der Waals surface area contributed by atoms with Crippen LogP contribution in [0.3, 0.4) is 0 Å². The first-order valence-electron chi connectivity index (χ1n) is 8.68. The molecule has 1 aromatic rings. The molecule has 1 rings (SSSR count). The van der Waals surface area contributed by atoms with Crippen LogP contribution < -0.4 is 5.32 Å². The number of nitrogens with zero attached hydrogens (tertiary/aromatic N) is 2. The van der Waals surface area contributed by atoms with Gasteiger partial charge in [0, 0.05) is 18.8 Å². The molecule has 0 aromatic carbocycles. The van der Waals surface area contributed by atoms with Crippen molar-refractivity contribution in [1.82, 2.24) is 15.1 Å². The lowest BCUT2D eigenvalue weighted by Gasteiger charge is -2.19. The van der Waals surface area contributed by atoms with Gasteiger partial charge in [-0.25, -0.2) is 0 Å². The van der Waals surface area contributed by atoms with E-state index < -0.39 is 0 Å². The highest BCUT2D eigenvalue weighted by molar-refractivity contribution is 5.24. The average molecular weight is 293 g/mol. The molecular weight excluding hydrogens is 258 g/mol. The lowest BCUT2D eigenvalue weighted by Crippen LogP contribution is -2.30. The summed E-state index contributed by atoms with van der Waals surface area (Å²) in [4.78, 5) is 0. The maximum Gasteiger partial charge on any atom is 0.0628 e. The predicted octanol–water partition coefficient (Wildman–Crippen LogP) is 4.16. The van der Waals surface area contributed by atoms with Gasteiger partial charge < -0.3 is 5.32 Å². The molecule has 3 nitrogen and oxygen atoms in total. The Balaban J connectivity index is 2.51. The van der Waals surface area contributed by atoms with E-state index >= 15 is 0 Å². The highest BCUT2D eigenvalue weighted by Gasteiger charge is 2.13. The topological polar surface area (TPSA) is 29.9 Å².